The van der Waals surface area contributed by atoms with E-state index in [0.29, 0.717) is 0 Å². The van der Waals surface area contributed by atoms with Gasteiger partial charge in [0.2, 0.25) is 0 Å². The molecule has 0 amide bonds. The Labute approximate surface area is 127 Å². The molecule has 0 radical (unpaired) electrons. The number of benzene rings is 2. The lowest BCUT2D eigenvalue weighted by atomic mass is 10.3. The van der Waals surface area contributed by atoms with Crippen LogP contribution in [0.5, 0.6) is 5.75 Å². The second-order valence-corrected chi connectivity index (χ2v) is 9.13. The fraction of sp³-hybridized carbons (Fsp3) is 0.333. The van der Waals surface area contributed by atoms with Gasteiger partial charge in [-0.3, -0.25) is 0 Å². The molecule has 1 unspecified atom stereocenters. The molecule has 21 heavy (non-hydrogen) atoms. The van der Waals surface area contributed by atoms with Crippen molar-refractivity contribution in [2.45, 2.75) is 39.5 Å². The molecule has 0 aliphatic rings. The predicted molar refractivity (Wildman–Crippen MR) is 90.7 cm³/mol. The van der Waals surface area contributed by atoms with Crippen molar-refractivity contribution in [1.29, 1.82) is 0 Å². The van der Waals surface area contributed by atoms with Crippen molar-refractivity contribution in [2.75, 3.05) is 0 Å². The third kappa shape index (κ3) is 3.39. The summed E-state index contributed by atoms with van der Waals surface area (Å²) in [6.07, 6.45) is 0.141. The summed E-state index contributed by atoms with van der Waals surface area (Å²) in [5.74, 6) is 0.817. The Kier molecular flexibility index (Phi) is 4.90. The summed E-state index contributed by atoms with van der Waals surface area (Å²) in [6.45, 7) is 8.03. The van der Waals surface area contributed by atoms with E-state index in [2.05, 4.69) is 0 Å². The van der Waals surface area contributed by atoms with E-state index in [9.17, 15) is 4.57 Å². The van der Waals surface area contributed by atoms with E-state index < -0.39 is 7.14 Å². The largest absolute Gasteiger partial charge is 0.491 e. The summed E-state index contributed by atoms with van der Waals surface area (Å²) in [5, 5.41) is 1.80. The van der Waals surface area contributed by atoms with Crippen molar-refractivity contribution in [2.24, 2.45) is 0 Å². The maximum Gasteiger partial charge on any atom is 0.145 e. The standard InChI is InChI=1S/C18H23O2P/c1-14(2)20-16-10-12-18(13-11-16)21(19,15(3)4)17-8-6-5-7-9-17/h5-15H,1-4H3. The quantitative estimate of drug-likeness (QED) is 0.774. The number of rotatable bonds is 5. The number of ether oxygens (including phenoxy) is 1. The van der Waals surface area contributed by atoms with Gasteiger partial charge in [-0.25, -0.2) is 0 Å². The Morgan fingerprint density at radius 1 is 0.810 bits per heavy atom. The Hall–Kier alpha value is -1.53. The van der Waals surface area contributed by atoms with Crippen LogP contribution >= 0.6 is 7.14 Å². The molecule has 0 saturated heterocycles. The van der Waals surface area contributed by atoms with Crippen molar-refractivity contribution in [3.05, 3.63) is 54.6 Å². The van der Waals surface area contributed by atoms with E-state index in [0.717, 1.165) is 16.4 Å². The fourth-order valence-electron chi connectivity index (χ4n) is 2.41. The van der Waals surface area contributed by atoms with E-state index in [4.69, 9.17) is 4.74 Å². The molecule has 3 heteroatoms. The van der Waals surface area contributed by atoms with Crippen LogP contribution < -0.4 is 15.3 Å². The smallest absolute Gasteiger partial charge is 0.145 e. The molecule has 1 atom stereocenters. The molecule has 0 N–H and O–H groups in total. The van der Waals surface area contributed by atoms with Gasteiger partial charge in [0, 0.05) is 16.3 Å². The summed E-state index contributed by atoms with van der Waals surface area (Å²) >= 11 is 0. The van der Waals surface area contributed by atoms with Gasteiger partial charge in [0.15, 0.2) is 0 Å². The number of hydrogen-bond donors (Lipinski definition) is 0. The van der Waals surface area contributed by atoms with Crippen LogP contribution in [-0.4, -0.2) is 11.8 Å². The zero-order chi connectivity index (χ0) is 15.5. The molecular formula is C18H23O2P. The van der Waals surface area contributed by atoms with E-state index in [-0.39, 0.29) is 11.8 Å². The van der Waals surface area contributed by atoms with E-state index in [1.807, 2.05) is 82.3 Å². The van der Waals surface area contributed by atoms with Gasteiger partial charge in [0.25, 0.3) is 0 Å². The predicted octanol–water partition coefficient (Wildman–Crippen LogP) is 4.20. The van der Waals surface area contributed by atoms with E-state index in [1.165, 1.54) is 0 Å². The summed E-state index contributed by atoms with van der Waals surface area (Å²) < 4.78 is 19.3. The topological polar surface area (TPSA) is 26.3 Å². The number of hydrogen-bond acceptors (Lipinski definition) is 2. The lowest BCUT2D eigenvalue weighted by molar-refractivity contribution is 0.242. The average Bonchev–Trinajstić information content (AvgIpc) is 2.47. The van der Waals surface area contributed by atoms with Gasteiger partial charge in [-0.2, -0.15) is 0 Å². The van der Waals surface area contributed by atoms with Crippen LogP contribution in [0.1, 0.15) is 27.7 Å². The minimum Gasteiger partial charge on any atom is -0.491 e. The highest BCUT2D eigenvalue weighted by molar-refractivity contribution is 7.79. The Balaban J connectivity index is 2.42. The molecule has 0 heterocycles. The van der Waals surface area contributed by atoms with E-state index >= 15 is 0 Å². The Morgan fingerprint density at radius 2 is 1.33 bits per heavy atom. The van der Waals surface area contributed by atoms with Crippen molar-refractivity contribution >= 4 is 17.8 Å². The molecule has 2 aromatic carbocycles. The zero-order valence-corrected chi connectivity index (χ0v) is 14.0. The maximum absolute atomic E-state index is 13.6. The highest BCUT2D eigenvalue weighted by Crippen LogP contribution is 2.48. The zero-order valence-electron chi connectivity index (χ0n) is 13.1. The van der Waals surface area contributed by atoms with Crippen molar-refractivity contribution in [3.63, 3.8) is 0 Å². The third-order valence-electron chi connectivity index (χ3n) is 3.46. The second-order valence-electron chi connectivity index (χ2n) is 5.75. The lowest BCUT2D eigenvalue weighted by Gasteiger charge is -2.23. The average molecular weight is 302 g/mol. The van der Waals surface area contributed by atoms with Crippen LogP contribution in [0.2, 0.25) is 0 Å². The molecule has 2 nitrogen and oxygen atoms in total. The molecule has 2 rings (SSSR count). The van der Waals surface area contributed by atoms with Gasteiger partial charge < -0.3 is 9.30 Å². The molecule has 0 aliphatic heterocycles. The van der Waals surface area contributed by atoms with E-state index in [1.54, 1.807) is 0 Å². The highest BCUT2D eigenvalue weighted by atomic mass is 31.2. The van der Waals surface area contributed by atoms with Crippen molar-refractivity contribution in [1.82, 2.24) is 0 Å². The summed E-state index contributed by atoms with van der Waals surface area (Å²) in [5.41, 5.74) is 0.0665. The van der Waals surface area contributed by atoms with Gasteiger partial charge in [-0.15, -0.1) is 0 Å². The summed E-state index contributed by atoms with van der Waals surface area (Å²) in [4.78, 5) is 0. The molecule has 0 bridgehead atoms. The van der Waals surface area contributed by atoms with Crippen molar-refractivity contribution in [3.8, 4) is 5.75 Å². The summed E-state index contributed by atoms with van der Waals surface area (Å²) in [6, 6.07) is 17.4. The lowest BCUT2D eigenvalue weighted by Crippen LogP contribution is -2.22. The SMILES string of the molecule is CC(C)Oc1ccc(P(=O)(c2ccccc2)C(C)C)cc1. The first kappa shape index (κ1) is 15.9. The molecule has 0 saturated carbocycles. The monoisotopic (exact) mass is 302 g/mol. The molecule has 0 aliphatic carbocycles. The van der Waals surface area contributed by atoms with Crippen molar-refractivity contribution < 1.29 is 9.30 Å². The normalized spacial score (nSPS) is 14.2. The molecule has 112 valence electrons. The fourth-order valence-corrected chi connectivity index (χ4v) is 5.11. The Bertz CT molecular complexity index is 615. The first-order chi connectivity index (χ1) is 9.94. The highest BCUT2D eigenvalue weighted by Gasteiger charge is 2.30. The Morgan fingerprint density at radius 3 is 1.81 bits per heavy atom. The third-order valence-corrected chi connectivity index (χ3v) is 7.04. The van der Waals surface area contributed by atoms with Crippen LogP contribution in [0.3, 0.4) is 0 Å². The minimum absolute atomic E-state index is 0.0665. The van der Waals surface area contributed by atoms with Crippen LogP contribution in [-0.2, 0) is 4.57 Å². The van der Waals surface area contributed by atoms with Crippen LogP contribution in [0.15, 0.2) is 54.6 Å². The molecule has 0 fully saturated rings. The first-order valence-electron chi connectivity index (χ1n) is 7.37. The molecule has 2 aromatic rings. The van der Waals surface area contributed by atoms with Gasteiger partial charge >= 0.3 is 0 Å². The van der Waals surface area contributed by atoms with Gasteiger partial charge in [-0.1, -0.05) is 44.2 Å². The maximum atomic E-state index is 13.6. The molecule has 0 aromatic heterocycles. The van der Waals surface area contributed by atoms with Crippen LogP contribution in [0.4, 0.5) is 0 Å². The molecular weight excluding hydrogens is 279 g/mol. The van der Waals surface area contributed by atoms with Gasteiger partial charge in [0.05, 0.1) is 6.10 Å². The van der Waals surface area contributed by atoms with Gasteiger partial charge in [-0.05, 0) is 38.1 Å². The van der Waals surface area contributed by atoms with Gasteiger partial charge in [0.1, 0.15) is 12.9 Å². The molecule has 0 spiro atoms. The minimum atomic E-state index is -2.61. The van der Waals surface area contributed by atoms with Crippen LogP contribution in [0, 0.1) is 0 Å². The second kappa shape index (κ2) is 6.49. The first-order valence-corrected chi connectivity index (χ1v) is 9.15. The summed E-state index contributed by atoms with van der Waals surface area (Å²) in [7, 11) is -2.61. The van der Waals surface area contributed by atoms with Crippen LogP contribution in [0.25, 0.3) is 0 Å².